The molecule has 0 fully saturated rings. The maximum atomic E-state index is 14.0. The van der Waals surface area contributed by atoms with Crippen molar-refractivity contribution in [2.45, 2.75) is 19.4 Å². The van der Waals surface area contributed by atoms with Gasteiger partial charge < -0.3 is 5.73 Å². The molecule has 0 aliphatic rings. The second kappa shape index (κ2) is 5.68. The fourth-order valence-electron chi connectivity index (χ4n) is 2.02. The first-order valence-electron chi connectivity index (χ1n) is 5.94. The zero-order valence-corrected chi connectivity index (χ0v) is 11.2. The van der Waals surface area contributed by atoms with Gasteiger partial charge in [0.1, 0.15) is 11.6 Å². The van der Waals surface area contributed by atoms with Crippen molar-refractivity contribution >= 4 is 11.6 Å². The molecule has 19 heavy (non-hydrogen) atoms. The summed E-state index contributed by atoms with van der Waals surface area (Å²) in [5.74, 6) is -1.21. The van der Waals surface area contributed by atoms with Gasteiger partial charge in [-0.3, -0.25) is 0 Å². The molecule has 0 aliphatic heterocycles. The van der Waals surface area contributed by atoms with Gasteiger partial charge in [-0.2, -0.15) is 0 Å². The van der Waals surface area contributed by atoms with Crippen molar-refractivity contribution < 1.29 is 8.78 Å². The van der Waals surface area contributed by atoms with Crippen LogP contribution in [0.15, 0.2) is 36.4 Å². The fourth-order valence-corrected chi connectivity index (χ4v) is 2.23. The first-order valence-corrected chi connectivity index (χ1v) is 6.32. The van der Waals surface area contributed by atoms with Gasteiger partial charge >= 0.3 is 0 Å². The monoisotopic (exact) mass is 281 g/mol. The normalized spacial score (nSPS) is 12.5. The van der Waals surface area contributed by atoms with Gasteiger partial charge in [-0.05, 0) is 36.6 Å². The lowest BCUT2D eigenvalue weighted by Crippen LogP contribution is -2.17. The molecule has 1 nitrogen and oxygen atoms in total. The van der Waals surface area contributed by atoms with Crippen LogP contribution in [0.1, 0.15) is 22.7 Å². The minimum atomic E-state index is -0.764. The number of benzene rings is 2. The Morgan fingerprint density at radius 2 is 1.84 bits per heavy atom. The number of hydrogen-bond donors (Lipinski definition) is 1. The van der Waals surface area contributed by atoms with Gasteiger partial charge in [0.25, 0.3) is 0 Å². The van der Waals surface area contributed by atoms with E-state index in [1.807, 2.05) is 6.07 Å². The zero-order chi connectivity index (χ0) is 14.0. The zero-order valence-electron chi connectivity index (χ0n) is 10.5. The number of nitrogens with two attached hydrogens (primary N) is 1. The molecule has 1 unspecified atom stereocenters. The molecular formula is C15H14ClF2N. The fraction of sp³-hybridized carbons (Fsp3) is 0.200. The van der Waals surface area contributed by atoms with E-state index in [4.69, 9.17) is 17.3 Å². The van der Waals surface area contributed by atoms with Gasteiger partial charge in [0.05, 0.1) is 0 Å². The molecule has 0 amide bonds. The Balaban J connectivity index is 2.33. The van der Waals surface area contributed by atoms with E-state index >= 15 is 0 Å². The van der Waals surface area contributed by atoms with Crippen LogP contribution in [0.3, 0.4) is 0 Å². The molecule has 2 aromatic rings. The number of halogens is 3. The van der Waals surface area contributed by atoms with E-state index in [-0.39, 0.29) is 12.0 Å². The molecule has 0 saturated carbocycles. The molecule has 0 aromatic heterocycles. The molecule has 2 aromatic carbocycles. The van der Waals surface area contributed by atoms with Crippen LogP contribution in [0.5, 0.6) is 0 Å². The van der Waals surface area contributed by atoms with Crippen molar-refractivity contribution in [1.29, 1.82) is 0 Å². The third-order valence-corrected chi connectivity index (χ3v) is 3.46. The molecule has 0 bridgehead atoms. The maximum absolute atomic E-state index is 14.0. The third-order valence-electron chi connectivity index (χ3n) is 3.09. The summed E-state index contributed by atoms with van der Waals surface area (Å²) in [6.45, 7) is 1.58. The summed E-state index contributed by atoms with van der Waals surface area (Å²) in [5, 5.41) is 0.548. The first kappa shape index (κ1) is 14.0. The first-order chi connectivity index (χ1) is 9.00. The van der Waals surface area contributed by atoms with Crippen LogP contribution < -0.4 is 5.73 Å². The Morgan fingerprint density at radius 1 is 1.16 bits per heavy atom. The minimum absolute atomic E-state index is 0.0834. The highest BCUT2D eigenvalue weighted by Crippen LogP contribution is 2.26. The standard InChI is InChI=1S/C15H14ClF2N/c1-9-6-7-12(17)14(15(9)18)13(19)8-10-4-2-3-5-11(10)16/h2-7,13H,8,19H2,1H3. The Bertz CT molecular complexity index is 599. The smallest absolute Gasteiger partial charge is 0.133 e. The van der Waals surface area contributed by atoms with Crippen molar-refractivity contribution in [3.05, 3.63) is 69.7 Å². The number of aryl methyl sites for hydroxylation is 1. The molecule has 2 rings (SSSR count). The molecule has 1 atom stereocenters. The number of hydrogen-bond acceptors (Lipinski definition) is 1. The highest BCUT2D eigenvalue weighted by molar-refractivity contribution is 6.31. The molecule has 0 spiro atoms. The van der Waals surface area contributed by atoms with E-state index < -0.39 is 17.7 Å². The summed E-state index contributed by atoms with van der Waals surface area (Å²) in [4.78, 5) is 0. The van der Waals surface area contributed by atoms with Crippen molar-refractivity contribution in [2.75, 3.05) is 0 Å². The lowest BCUT2D eigenvalue weighted by molar-refractivity contribution is 0.520. The van der Waals surface area contributed by atoms with Crippen LogP contribution in [0.25, 0.3) is 0 Å². The quantitative estimate of drug-likeness (QED) is 0.898. The summed E-state index contributed by atoms with van der Waals surface area (Å²) in [7, 11) is 0. The van der Waals surface area contributed by atoms with Gasteiger partial charge in [-0.25, -0.2) is 8.78 Å². The average molecular weight is 282 g/mol. The van der Waals surface area contributed by atoms with E-state index in [0.717, 1.165) is 5.56 Å². The lowest BCUT2D eigenvalue weighted by atomic mass is 9.97. The molecular weight excluding hydrogens is 268 g/mol. The molecule has 0 radical (unpaired) electrons. The van der Waals surface area contributed by atoms with E-state index in [9.17, 15) is 8.78 Å². The van der Waals surface area contributed by atoms with E-state index in [2.05, 4.69) is 0 Å². The van der Waals surface area contributed by atoms with Gasteiger partial charge in [0.2, 0.25) is 0 Å². The number of rotatable bonds is 3. The highest BCUT2D eigenvalue weighted by atomic mass is 35.5. The van der Waals surface area contributed by atoms with Crippen LogP contribution in [-0.2, 0) is 6.42 Å². The summed E-state index contributed by atoms with van der Waals surface area (Å²) in [6.07, 6.45) is 0.289. The van der Waals surface area contributed by atoms with Crippen molar-refractivity contribution in [3.63, 3.8) is 0 Å². The highest BCUT2D eigenvalue weighted by Gasteiger charge is 2.19. The Labute approximate surface area is 116 Å². The molecule has 0 aliphatic carbocycles. The third kappa shape index (κ3) is 2.94. The SMILES string of the molecule is Cc1ccc(F)c(C(N)Cc2ccccc2Cl)c1F. The topological polar surface area (TPSA) is 26.0 Å². The molecule has 0 heterocycles. The maximum Gasteiger partial charge on any atom is 0.133 e. The van der Waals surface area contributed by atoms with Crippen molar-refractivity contribution in [2.24, 2.45) is 5.73 Å². The van der Waals surface area contributed by atoms with Gasteiger partial charge in [0.15, 0.2) is 0 Å². The predicted molar refractivity (Wildman–Crippen MR) is 73.2 cm³/mol. The average Bonchev–Trinajstić information content (AvgIpc) is 2.37. The lowest BCUT2D eigenvalue weighted by Gasteiger charge is -2.16. The van der Waals surface area contributed by atoms with E-state index in [1.54, 1.807) is 25.1 Å². The minimum Gasteiger partial charge on any atom is -0.323 e. The van der Waals surface area contributed by atoms with Crippen LogP contribution in [0, 0.1) is 18.6 Å². The van der Waals surface area contributed by atoms with Crippen LogP contribution in [0.2, 0.25) is 5.02 Å². The Kier molecular flexibility index (Phi) is 4.17. The van der Waals surface area contributed by atoms with Crippen molar-refractivity contribution in [3.8, 4) is 0 Å². The van der Waals surface area contributed by atoms with Gasteiger partial charge in [-0.15, -0.1) is 0 Å². The second-order valence-corrected chi connectivity index (χ2v) is 4.90. The molecule has 100 valence electrons. The van der Waals surface area contributed by atoms with Gasteiger partial charge in [0, 0.05) is 16.6 Å². The molecule has 2 N–H and O–H groups in total. The van der Waals surface area contributed by atoms with Crippen LogP contribution >= 0.6 is 11.6 Å². The summed E-state index contributed by atoms with van der Waals surface area (Å²) in [6, 6.07) is 9.01. The van der Waals surface area contributed by atoms with Crippen LogP contribution in [0.4, 0.5) is 8.78 Å². The summed E-state index contributed by atoms with van der Waals surface area (Å²) >= 11 is 6.02. The van der Waals surface area contributed by atoms with E-state index in [0.29, 0.717) is 10.6 Å². The predicted octanol–water partition coefficient (Wildman–Crippen LogP) is 4.17. The Morgan fingerprint density at radius 3 is 2.53 bits per heavy atom. The summed E-state index contributed by atoms with van der Waals surface area (Å²) in [5.41, 5.74) is 7.00. The molecule has 0 saturated heterocycles. The van der Waals surface area contributed by atoms with E-state index in [1.165, 1.54) is 12.1 Å². The van der Waals surface area contributed by atoms with Gasteiger partial charge in [-0.1, -0.05) is 35.9 Å². The second-order valence-electron chi connectivity index (χ2n) is 4.49. The molecule has 4 heteroatoms. The van der Waals surface area contributed by atoms with Crippen LogP contribution in [-0.4, -0.2) is 0 Å². The summed E-state index contributed by atoms with van der Waals surface area (Å²) < 4.78 is 27.7. The van der Waals surface area contributed by atoms with Crippen molar-refractivity contribution in [1.82, 2.24) is 0 Å². The Hall–Kier alpha value is -1.45. The largest absolute Gasteiger partial charge is 0.323 e.